The van der Waals surface area contributed by atoms with Crippen molar-refractivity contribution in [3.63, 3.8) is 0 Å². The number of sulfonamides is 1. The fraction of sp³-hybridized carbons (Fsp3) is 0.577. The van der Waals surface area contributed by atoms with Gasteiger partial charge in [0.15, 0.2) is 0 Å². The quantitative estimate of drug-likeness (QED) is 0.573. The van der Waals surface area contributed by atoms with Crippen molar-refractivity contribution in [2.75, 3.05) is 29.4 Å². The van der Waals surface area contributed by atoms with Gasteiger partial charge in [0.25, 0.3) is 5.91 Å². The van der Waals surface area contributed by atoms with E-state index in [1.807, 2.05) is 20.2 Å². The van der Waals surface area contributed by atoms with Crippen LogP contribution >= 0.6 is 0 Å². The van der Waals surface area contributed by atoms with Gasteiger partial charge in [-0.05, 0) is 52.7 Å². The predicted octanol–water partition coefficient (Wildman–Crippen LogP) is 2.15. The van der Waals surface area contributed by atoms with Crippen molar-refractivity contribution in [2.45, 2.75) is 75.6 Å². The summed E-state index contributed by atoms with van der Waals surface area (Å²) >= 11 is 0. The van der Waals surface area contributed by atoms with E-state index in [1.54, 1.807) is 27.9 Å². The maximum Gasteiger partial charge on any atom is 0.263 e. The number of hydrogen-bond donors (Lipinski definition) is 2. The standard InChI is InChI=1S/C26H36N8O3S.2H2/c1-16-12-32(13-17(2)29-16)22-9-20(38(36,37)30-26(4)6-7-26)8-21-23(22)34-18(3)10-27-25(34)33(24(21)35)15-19-11-28-31(5)14-19;;/h8-9,11,14,16-18,29-30H,6-7,10,12-13,15H2,1-5H3;2*1H/t16-,17-,18-;;/m1../s1. The first-order valence-electron chi connectivity index (χ1n) is 13.3. The molecule has 11 nitrogen and oxygen atoms in total. The maximum absolute atomic E-state index is 14.2. The van der Waals surface area contributed by atoms with Crippen molar-refractivity contribution in [3.05, 3.63) is 35.7 Å². The van der Waals surface area contributed by atoms with Gasteiger partial charge >= 0.3 is 0 Å². The molecular weight excluding hydrogens is 504 g/mol. The fourth-order valence-electron chi connectivity index (χ4n) is 5.82. The minimum Gasteiger partial charge on any atom is -0.367 e. The number of aryl methyl sites for hydroxylation is 1. The highest BCUT2D eigenvalue weighted by molar-refractivity contribution is 7.89. The van der Waals surface area contributed by atoms with Crippen molar-refractivity contribution in [1.82, 2.24) is 24.7 Å². The number of fused-ring (bicyclic) bond motifs is 3. The summed E-state index contributed by atoms with van der Waals surface area (Å²) in [5.41, 5.74) is 2.36. The molecule has 4 aliphatic rings. The van der Waals surface area contributed by atoms with Crippen LogP contribution in [-0.2, 0) is 23.6 Å². The van der Waals surface area contributed by atoms with E-state index >= 15 is 0 Å². The molecule has 3 aliphatic heterocycles. The van der Waals surface area contributed by atoms with Crippen LogP contribution < -0.4 is 19.8 Å². The molecule has 2 N–H and O–H groups in total. The number of hydrogen-bond acceptors (Lipinski definition) is 8. The topological polar surface area (TPSA) is 115 Å². The number of amides is 1. The number of rotatable bonds is 6. The highest BCUT2D eigenvalue weighted by atomic mass is 32.2. The number of carbonyl (C=O) groups is 1. The molecule has 2 fully saturated rings. The van der Waals surface area contributed by atoms with E-state index in [0.29, 0.717) is 37.7 Å². The second kappa shape index (κ2) is 8.78. The fourth-order valence-corrected chi connectivity index (χ4v) is 7.33. The van der Waals surface area contributed by atoms with Crippen LogP contribution in [0.2, 0.25) is 0 Å². The number of benzene rings is 1. The molecule has 1 aromatic heterocycles. The van der Waals surface area contributed by atoms with Crippen molar-refractivity contribution >= 4 is 33.3 Å². The van der Waals surface area contributed by atoms with Gasteiger partial charge in [0, 0.05) is 52.4 Å². The third-order valence-corrected chi connectivity index (χ3v) is 9.48. The Hall–Kier alpha value is -2.96. The van der Waals surface area contributed by atoms with E-state index in [4.69, 9.17) is 4.99 Å². The molecule has 38 heavy (non-hydrogen) atoms. The number of aromatic nitrogens is 2. The molecule has 2 aromatic rings. The zero-order valence-electron chi connectivity index (χ0n) is 22.6. The SMILES string of the molecule is C[C@@H]1CN(c2cc(S(=O)(=O)NC3(C)CC3)cc3c2N2C(=NC[C@H]2C)N(Cc2cnn(C)c2)C3=O)C[C@@H](C)N1.[HH].[HH]. The lowest BCUT2D eigenvalue weighted by atomic mass is 10.0. The summed E-state index contributed by atoms with van der Waals surface area (Å²) in [4.78, 5) is 25.1. The summed E-state index contributed by atoms with van der Waals surface area (Å²) in [6.07, 6.45) is 5.23. The molecular formula is C26H40N8O3S. The molecule has 1 saturated carbocycles. The van der Waals surface area contributed by atoms with Gasteiger partial charge in [0.1, 0.15) is 0 Å². The molecule has 0 unspecified atom stereocenters. The van der Waals surface area contributed by atoms with Gasteiger partial charge in [-0.3, -0.25) is 19.4 Å². The molecule has 0 bridgehead atoms. The maximum atomic E-state index is 14.2. The third-order valence-electron chi connectivity index (χ3n) is 7.86. The van der Waals surface area contributed by atoms with Gasteiger partial charge in [0.2, 0.25) is 16.0 Å². The molecule has 1 saturated heterocycles. The van der Waals surface area contributed by atoms with Gasteiger partial charge in [0.05, 0.1) is 47.2 Å². The summed E-state index contributed by atoms with van der Waals surface area (Å²) < 4.78 is 31.8. The number of piperazine rings is 1. The lowest BCUT2D eigenvalue weighted by molar-refractivity contribution is 0.0833. The Morgan fingerprint density at radius 2 is 1.89 bits per heavy atom. The average molecular weight is 545 g/mol. The summed E-state index contributed by atoms with van der Waals surface area (Å²) in [6.45, 7) is 10.5. The van der Waals surface area contributed by atoms with Crippen molar-refractivity contribution in [3.8, 4) is 0 Å². The van der Waals surface area contributed by atoms with Crippen LogP contribution in [0.25, 0.3) is 0 Å². The first-order chi connectivity index (χ1) is 17.9. The molecule has 0 radical (unpaired) electrons. The number of nitrogens with zero attached hydrogens (tertiary/aromatic N) is 6. The van der Waals surface area contributed by atoms with Gasteiger partial charge in [-0.15, -0.1) is 0 Å². The smallest absolute Gasteiger partial charge is 0.263 e. The monoisotopic (exact) mass is 544 g/mol. The summed E-state index contributed by atoms with van der Waals surface area (Å²) in [6, 6.07) is 3.76. The Balaban J connectivity index is 0.00000185. The highest BCUT2D eigenvalue weighted by Crippen LogP contribution is 2.44. The van der Waals surface area contributed by atoms with Gasteiger partial charge < -0.3 is 15.1 Å². The summed E-state index contributed by atoms with van der Waals surface area (Å²) in [5, 5.41) is 7.80. The summed E-state index contributed by atoms with van der Waals surface area (Å²) in [5.74, 6) is 0.357. The van der Waals surface area contributed by atoms with E-state index in [-0.39, 0.29) is 31.8 Å². The molecule has 0 spiro atoms. The van der Waals surface area contributed by atoms with Gasteiger partial charge in [-0.25, -0.2) is 13.1 Å². The Morgan fingerprint density at radius 1 is 1.18 bits per heavy atom. The van der Waals surface area contributed by atoms with E-state index in [2.05, 4.69) is 45.7 Å². The van der Waals surface area contributed by atoms with E-state index in [9.17, 15) is 13.2 Å². The molecule has 1 amide bonds. The molecule has 208 valence electrons. The van der Waals surface area contributed by atoms with Gasteiger partial charge in [-0.2, -0.15) is 5.10 Å². The molecule has 4 heterocycles. The highest BCUT2D eigenvalue weighted by Gasteiger charge is 2.45. The molecule has 1 aromatic carbocycles. The van der Waals surface area contributed by atoms with Crippen molar-refractivity contribution in [2.24, 2.45) is 12.0 Å². The average Bonchev–Trinajstić information content (AvgIpc) is 3.21. The number of anilines is 2. The molecule has 3 atom stereocenters. The van der Waals surface area contributed by atoms with E-state index in [1.165, 1.54) is 0 Å². The van der Waals surface area contributed by atoms with Crippen LogP contribution in [0.4, 0.5) is 11.4 Å². The second-order valence-corrected chi connectivity index (χ2v) is 13.3. The number of carbonyl (C=O) groups excluding carboxylic acids is 1. The number of nitrogens with one attached hydrogen (secondary N) is 2. The Bertz CT molecular complexity index is 1430. The van der Waals surface area contributed by atoms with Gasteiger partial charge in [-0.1, -0.05) is 0 Å². The lowest BCUT2D eigenvalue weighted by Gasteiger charge is -2.43. The van der Waals surface area contributed by atoms with Crippen LogP contribution in [0.5, 0.6) is 0 Å². The van der Waals surface area contributed by atoms with Crippen LogP contribution in [0.15, 0.2) is 34.4 Å². The lowest BCUT2D eigenvalue weighted by Crippen LogP contribution is -2.56. The largest absolute Gasteiger partial charge is 0.367 e. The van der Waals surface area contributed by atoms with Crippen molar-refractivity contribution in [1.29, 1.82) is 0 Å². The normalized spacial score (nSPS) is 26.3. The third kappa shape index (κ3) is 4.38. The Labute approximate surface area is 226 Å². The van der Waals surface area contributed by atoms with Crippen LogP contribution in [0.3, 0.4) is 0 Å². The van der Waals surface area contributed by atoms with Crippen molar-refractivity contribution < 1.29 is 16.1 Å². The van der Waals surface area contributed by atoms with Crippen LogP contribution in [0, 0.1) is 0 Å². The minimum atomic E-state index is -3.83. The Morgan fingerprint density at radius 3 is 2.53 bits per heavy atom. The second-order valence-electron chi connectivity index (χ2n) is 11.7. The minimum absolute atomic E-state index is 0. The summed E-state index contributed by atoms with van der Waals surface area (Å²) in [7, 11) is -2.00. The zero-order chi connectivity index (χ0) is 27.0. The van der Waals surface area contributed by atoms with Crippen LogP contribution in [0.1, 0.15) is 59.3 Å². The zero-order valence-corrected chi connectivity index (χ0v) is 23.4. The molecule has 1 aliphatic carbocycles. The number of guanidine groups is 1. The molecule has 6 rings (SSSR count). The van der Waals surface area contributed by atoms with E-state index in [0.717, 1.165) is 29.8 Å². The first-order valence-corrected chi connectivity index (χ1v) is 14.8. The van der Waals surface area contributed by atoms with E-state index < -0.39 is 15.6 Å². The first kappa shape index (κ1) is 25.3. The Kier molecular flexibility index (Phi) is 5.85. The predicted molar refractivity (Wildman–Crippen MR) is 150 cm³/mol. The van der Waals surface area contributed by atoms with Crippen LogP contribution in [-0.4, -0.2) is 78.3 Å². The number of aliphatic imine (C=N–C) groups is 1. The molecule has 12 heteroatoms.